The number of methoxy groups -OCH3 is 1. The van der Waals surface area contributed by atoms with Crippen LogP contribution in [-0.2, 0) is 11.3 Å². The molecule has 0 aliphatic heterocycles. The molecule has 1 amide bonds. The number of thiocarbonyl (C=S) groups is 1. The Kier molecular flexibility index (Phi) is 8.03. The Morgan fingerprint density at radius 3 is 2.62 bits per heavy atom. The van der Waals surface area contributed by atoms with Crippen LogP contribution in [0.2, 0.25) is 0 Å². The lowest BCUT2D eigenvalue weighted by atomic mass is 10.2. The lowest BCUT2D eigenvalue weighted by molar-refractivity contribution is 0.0965. The molecule has 0 radical (unpaired) electrons. The fourth-order valence-electron chi connectivity index (χ4n) is 2.23. The van der Waals surface area contributed by atoms with E-state index in [9.17, 15) is 4.79 Å². The van der Waals surface area contributed by atoms with Gasteiger partial charge in [-0.2, -0.15) is 0 Å². The van der Waals surface area contributed by atoms with Gasteiger partial charge in [-0.3, -0.25) is 10.1 Å². The fraction of sp³-hybridized carbons (Fsp3) is 0.263. The zero-order chi connectivity index (χ0) is 18.9. The molecule has 0 heterocycles. The van der Waals surface area contributed by atoms with Gasteiger partial charge in [0.05, 0.1) is 12.2 Å². The van der Waals surface area contributed by atoms with Gasteiger partial charge in [-0.05, 0) is 36.0 Å². The van der Waals surface area contributed by atoms with E-state index in [-0.39, 0.29) is 5.91 Å². The van der Waals surface area contributed by atoms with Crippen molar-refractivity contribution in [3.63, 3.8) is 0 Å². The zero-order valence-electron chi connectivity index (χ0n) is 14.7. The van der Waals surface area contributed by atoms with Gasteiger partial charge in [-0.1, -0.05) is 46.3 Å². The summed E-state index contributed by atoms with van der Waals surface area (Å²) in [6.07, 6.45) is 0. The minimum atomic E-state index is -0.316. The predicted octanol–water partition coefficient (Wildman–Crippen LogP) is 3.62. The van der Waals surface area contributed by atoms with E-state index in [1.807, 2.05) is 48.3 Å². The number of hydrogen-bond donors (Lipinski definition) is 1. The summed E-state index contributed by atoms with van der Waals surface area (Å²) < 4.78 is 11.4. The van der Waals surface area contributed by atoms with Crippen molar-refractivity contribution >= 4 is 39.2 Å². The van der Waals surface area contributed by atoms with Crippen molar-refractivity contribution in [1.29, 1.82) is 0 Å². The quantitative estimate of drug-likeness (QED) is 0.530. The molecule has 0 aliphatic rings. The normalized spacial score (nSPS) is 10.3. The number of hydrogen-bond acceptors (Lipinski definition) is 4. The highest BCUT2D eigenvalue weighted by molar-refractivity contribution is 9.10. The van der Waals surface area contributed by atoms with Gasteiger partial charge in [-0.15, -0.1) is 0 Å². The number of amides is 1. The molecule has 5 nitrogen and oxygen atoms in total. The Morgan fingerprint density at radius 1 is 1.19 bits per heavy atom. The van der Waals surface area contributed by atoms with Gasteiger partial charge >= 0.3 is 0 Å². The lowest BCUT2D eigenvalue weighted by Gasteiger charge is -2.21. The molecular formula is C19H21BrN2O3S. The number of nitrogens with zero attached hydrogens (tertiary/aromatic N) is 1. The molecule has 1 N–H and O–H groups in total. The van der Waals surface area contributed by atoms with Gasteiger partial charge in [0.15, 0.2) is 5.11 Å². The van der Waals surface area contributed by atoms with Crippen LogP contribution in [0.1, 0.15) is 15.9 Å². The van der Waals surface area contributed by atoms with Crippen molar-refractivity contribution in [2.24, 2.45) is 0 Å². The van der Waals surface area contributed by atoms with E-state index in [4.69, 9.17) is 21.7 Å². The number of ether oxygens (including phenoxy) is 2. The highest BCUT2D eigenvalue weighted by Crippen LogP contribution is 2.23. The first-order valence-electron chi connectivity index (χ1n) is 8.03. The van der Waals surface area contributed by atoms with Gasteiger partial charge < -0.3 is 14.4 Å². The molecule has 0 unspecified atom stereocenters. The number of halogens is 1. The van der Waals surface area contributed by atoms with Gasteiger partial charge in [-0.25, -0.2) is 0 Å². The summed E-state index contributed by atoms with van der Waals surface area (Å²) in [7, 11) is 3.44. The maximum absolute atomic E-state index is 12.7. The summed E-state index contributed by atoms with van der Waals surface area (Å²) in [4.78, 5) is 14.5. The first kappa shape index (κ1) is 20.4. The Morgan fingerprint density at radius 2 is 1.92 bits per heavy atom. The summed E-state index contributed by atoms with van der Waals surface area (Å²) in [5, 5.41) is 3.11. The van der Waals surface area contributed by atoms with Gasteiger partial charge in [0.2, 0.25) is 0 Å². The van der Waals surface area contributed by atoms with Gasteiger partial charge in [0.1, 0.15) is 12.4 Å². The van der Waals surface area contributed by atoms with Gasteiger partial charge in [0, 0.05) is 25.2 Å². The summed E-state index contributed by atoms with van der Waals surface area (Å²) >= 11 is 8.74. The number of nitrogens with one attached hydrogen (secondary N) is 1. The van der Waals surface area contributed by atoms with Crippen molar-refractivity contribution in [2.75, 3.05) is 27.4 Å². The predicted molar refractivity (Wildman–Crippen MR) is 109 cm³/mol. The Balaban J connectivity index is 2.03. The average molecular weight is 437 g/mol. The van der Waals surface area contributed by atoms with Crippen LogP contribution >= 0.6 is 28.1 Å². The minimum absolute atomic E-state index is 0.316. The number of carbonyl (C=O) groups excluding carboxylic acids is 1. The molecule has 26 heavy (non-hydrogen) atoms. The molecule has 7 heteroatoms. The first-order valence-corrected chi connectivity index (χ1v) is 9.23. The Hall–Kier alpha value is -1.96. The van der Waals surface area contributed by atoms with Crippen LogP contribution < -0.4 is 10.1 Å². The first-order chi connectivity index (χ1) is 12.5. The summed E-state index contributed by atoms with van der Waals surface area (Å²) in [6, 6.07) is 15.2. The highest BCUT2D eigenvalue weighted by atomic mass is 79.9. The second-order valence-electron chi connectivity index (χ2n) is 5.58. The zero-order valence-corrected chi connectivity index (χ0v) is 17.1. The molecular weight excluding hydrogens is 416 g/mol. The van der Waals surface area contributed by atoms with Crippen molar-refractivity contribution in [3.05, 3.63) is 64.1 Å². The molecule has 138 valence electrons. The maximum Gasteiger partial charge on any atom is 0.261 e. The van der Waals surface area contributed by atoms with E-state index >= 15 is 0 Å². The SMILES string of the molecule is COCCOc1ccc(Br)cc1C(=O)NC(=S)N(C)Cc1ccccc1. The summed E-state index contributed by atoms with van der Waals surface area (Å²) in [5.41, 5.74) is 1.52. The average Bonchev–Trinajstić information content (AvgIpc) is 2.63. The largest absolute Gasteiger partial charge is 0.490 e. The van der Waals surface area contributed by atoms with E-state index in [0.717, 1.165) is 10.0 Å². The molecule has 2 aromatic rings. The third-order valence-corrected chi connectivity index (χ3v) is 4.47. The van der Waals surface area contributed by atoms with Gasteiger partial charge in [0.25, 0.3) is 5.91 Å². The Bertz CT molecular complexity index is 756. The van der Waals surface area contributed by atoms with Crippen LogP contribution in [0.5, 0.6) is 5.75 Å². The molecule has 0 aliphatic carbocycles. The minimum Gasteiger partial charge on any atom is -0.490 e. The maximum atomic E-state index is 12.7. The summed E-state index contributed by atoms with van der Waals surface area (Å²) in [5.74, 6) is 0.167. The molecule has 0 spiro atoms. The van der Waals surface area contributed by atoms with Crippen molar-refractivity contribution < 1.29 is 14.3 Å². The molecule has 0 saturated heterocycles. The second kappa shape index (κ2) is 10.3. The third-order valence-electron chi connectivity index (χ3n) is 3.56. The summed E-state index contributed by atoms with van der Waals surface area (Å²) in [6.45, 7) is 1.40. The molecule has 0 fully saturated rings. The number of rotatable bonds is 7. The number of carbonyl (C=O) groups is 1. The standard InChI is InChI=1S/C19H21BrN2O3S/c1-22(13-14-6-4-3-5-7-14)19(26)21-18(23)16-12-15(20)8-9-17(16)25-11-10-24-2/h3-9,12H,10-11,13H2,1-2H3,(H,21,23,26). The van der Waals surface area contributed by atoms with Crippen LogP contribution in [0.4, 0.5) is 0 Å². The number of benzene rings is 2. The molecule has 2 rings (SSSR count). The van der Waals surface area contributed by atoms with E-state index < -0.39 is 0 Å². The van der Waals surface area contributed by atoms with Crippen LogP contribution in [0, 0.1) is 0 Å². The molecule has 0 bridgehead atoms. The second-order valence-corrected chi connectivity index (χ2v) is 6.89. The molecule has 0 aromatic heterocycles. The van der Waals surface area contributed by atoms with Crippen molar-refractivity contribution in [2.45, 2.75) is 6.54 Å². The Labute approximate surface area is 167 Å². The van der Waals surface area contributed by atoms with Crippen molar-refractivity contribution in [3.8, 4) is 5.75 Å². The lowest BCUT2D eigenvalue weighted by Crippen LogP contribution is -2.40. The van der Waals surface area contributed by atoms with Crippen LogP contribution in [0.3, 0.4) is 0 Å². The van der Waals surface area contributed by atoms with Crippen LogP contribution in [-0.4, -0.2) is 43.3 Å². The fourth-order valence-corrected chi connectivity index (χ4v) is 2.75. The molecule has 0 saturated carbocycles. The molecule has 2 aromatic carbocycles. The molecule has 0 atom stereocenters. The van der Waals surface area contributed by atoms with Crippen LogP contribution in [0.25, 0.3) is 0 Å². The topological polar surface area (TPSA) is 50.8 Å². The smallest absolute Gasteiger partial charge is 0.261 e. The third kappa shape index (κ3) is 6.09. The van der Waals surface area contributed by atoms with E-state index in [1.54, 1.807) is 19.2 Å². The van der Waals surface area contributed by atoms with E-state index in [2.05, 4.69) is 21.2 Å². The van der Waals surface area contributed by atoms with E-state index in [0.29, 0.717) is 36.2 Å². The monoisotopic (exact) mass is 436 g/mol. The van der Waals surface area contributed by atoms with Crippen molar-refractivity contribution in [1.82, 2.24) is 10.2 Å². The van der Waals surface area contributed by atoms with E-state index in [1.165, 1.54) is 0 Å². The van der Waals surface area contributed by atoms with Crippen LogP contribution in [0.15, 0.2) is 53.0 Å². The highest BCUT2D eigenvalue weighted by Gasteiger charge is 2.16.